The number of benzene rings is 2. The summed E-state index contributed by atoms with van der Waals surface area (Å²) in [4.78, 5) is 19.3. The van der Waals surface area contributed by atoms with E-state index in [4.69, 9.17) is 4.52 Å². The van der Waals surface area contributed by atoms with Crippen LogP contribution in [0.25, 0.3) is 0 Å². The average Bonchev–Trinajstić information content (AvgIpc) is 2.59. The Morgan fingerprint density at radius 1 is 0.629 bits per heavy atom. The fraction of sp³-hybridized carbons (Fsp3) is 0.586. The number of hydrogen-bond donors (Lipinski definition) is 3. The summed E-state index contributed by atoms with van der Waals surface area (Å²) in [6.45, 7) is 24.7. The molecule has 2 aromatic carbocycles. The summed E-state index contributed by atoms with van der Waals surface area (Å²) in [5, 5.41) is 11.1. The number of rotatable bonds is 4. The molecule has 0 fully saturated rings. The Morgan fingerprint density at radius 2 is 0.914 bits per heavy atom. The Morgan fingerprint density at radius 3 is 1.17 bits per heavy atom. The molecule has 0 aliphatic carbocycles. The van der Waals surface area contributed by atoms with Crippen molar-refractivity contribution in [2.24, 2.45) is 0 Å². The van der Waals surface area contributed by atoms with Crippen molar-refractivity contribution in [1.82, 2.24) is 0 Å². The van der Waals surface area contributed by atoms with Crippen LogP contribution >= 0.6 is 7.82 Å². The van der Waals surface area contributed by atoms with Gasteiger partial charge in [-0.2, -0.15) is 0 Å². The van der Waals surface area contributed by atoms with Gasteiger partial charge < -0.3 is 9.63 Å². The first-order chi connectivity index (χ1) is 15.4. The number of aromatic hydroxyl groups is 1. The molecule has 2 aromatic rings. The summed E-state index contributed by atoms with van der Waals surface area (Å²) in [5.74, 6) is 0.614. The number of phosphoric acid groups is 1. The first-order valence-electron chi connectivity index (χ1n) is 12.2. The van der Waals surface area contributed by atoms with Gasteiger partial charge in [0, 0.05) is 11.1 Å². The van der Waals surface area contributed by atoms with Crippen LogP contribution in [0.5, 0.6) is 11.5 Å². The van der Waals surface area contributed by atoms with Gasteiger partial charge in [-0.15, -0.1) is 0 Å². The summed E-state index contributed by atoms with van der Waals surface area (Å²) in [7, 11) is -4.75. The molecule has 0 saturated heterocycles. The van der Waals surface area contributed by atoms with E-state index in [-0.39, 0.29) is 16.6 Å². The third-order valence-electron chi connectivity index (χ3n) is 6.17. The van der Waals surface area contributed by atoms with E-state index in [1.807, 2.05) is 53.7 Å². The largest absolute Gasteiger partial charge is 0.524 e. The highest BCUT2D eigenvalue weighted by molar-refractivity contribution is 7.46. The van der Waals surface area contributed by atoms with E-state index >= 15 is 0 Å². The number of phenolic OH excluding ortho intramolecular Hbond substituents is 1. The molecular weight excluding hydrogens is 459 g/mol. The minimum absolute atomic E-state index is 0.228. The van der Waals surface area contributed by atoms with Gasteiger partial charge in [0.1, 0.15) is 11.5 Å². The zero-order chi connectivity index (χ0) is 27.4. The maximum atomic E-state index is 11.9. The van der Waals surface area contributed by atoms with E-state index in [9.17, 15) is 19.5 Å². The molecule has 6 heteroatoms. The lowest BCUT2D eigenvalue weighted by atomic mass is 9.76. The SMILES string of the molecule is CC(C)(C)c1cc(Cc2cc(C(C)(C)C)c(OP(=O)(O)O)c(C(C)(C)C)c2)cc(C(C)(C)C)c1O. The van der Waals surface area contributed by atoms with E-state index in [0.29, 0.717) is 12.2 Å². The monoisotopic (exact) mass is 504 g/mol. The Labute approximate surface area is 212 Å². The van der Waals surface area contributed by atoms with Crippen molar-refractivity contribution in [2.75, 3.05) is 0 Å². The van der Waals surface area contributed by atoms with Gasteiger partial charge >= 0.3 is 7.82 Å². The van der Waals surface area contributed by atoms with Gasteiger partial charge in [0.05, 0.1) is 0 Å². The fourth-order valence-corrected chi connectivity index (χ4v) is 4.73. The van der Waals surface area contributed by atoms with Crippen LogP contribution in [-0.4, -0.2) is 14.9 Å². The summed E-state index contributed by atoms with van der Waals surface area (Å²) < 4.78 is 17.2. The van der Waals surface area contributed by atoms with Crippen LogP contribution < -0.4 is 4.52 Å². The van der Waals surface area contributed by atoms with Crippen molar-refractivity contribution in [1.29, 1.82) is 0 Å². The van der Waals surface area contributed by atoms with Gasteiger partial charge in [-0.25, -0.2) is 4.57 Å². The lowest BCUT2D eigenvalue weighted by Crippen LogP contribution is -2.20. The lowest BCUT2D eigenvalue weighted by molar-refractivity contribution is 0.278. The molecule has 0 radical (unpaired) electrons. The molecule has 0 aliphatic rings. The second-order valence-electron chi connectivity index (χ2n) is 13.8. The summed E-state index contributed by atoms with van der Waals surface area (Å²) >= 11 is 0. The Balaban J connectivity index is 2.83. The molecule has 3 N–H and O–H groups in total. The molecule has 35 heavy (non-hydrogen) atoms. The van der Waals surface area contributed by atoms with Crippen molar-refractivity contribution in [3.63, 3.8) is 0 Å². The molecule has 0 heterocycles. The van der Waals surface area contributed by atoms with Crippen LogP contribution in [-0.2, 0) is 32.6 Å². The number of phenols is 1. The molecule has 0 bridgehead atoms. The minimum atomic E-state index is -4.75. The lowest BCUT2D eigenvalue weighted by Gasteiger charge is -2.31. The van der Waals surface area contributed by atoms with Crippen LogP contribution in [0.1, 0.15) is 116 Å². The fourth-order valence-electron chi connectivity index (χ4n) is 4.30. The number of hydrogen-bond acceptors (Lipinski definition) is 3. The molecule has 0 amide bonds. The highest BCUT2D eigenvalue weighted by Crippen LogP contribution is 2.48. The number of phosphoric ester groups is 1. The maximum absolute atomic E-state index is 11.9. The van der Waals surface area contributed by atoms with Crippen molar-refractivity contribution in [2.45, 2.75) is 111 Å². The quantitative estimate of drug-likeness (QED) is 0.372. The average molecular weight is 505 g/mol. The van der Waals surface area contributed by atoms with E-state index < -0.39 is 18.7 Å². The molecule has 0 aliphatic heterocycles. The smallest absolute Gasteiger partial charge is 0.507 e. The van der Waals surface area contributed by atoms with Gasteiger partial charge in [0.15, 0.2) is 0 Å². The molecule has 0 spiro atoms. The minimum Gasteiger partial charge on any atom is -0.507 e. The first-order valence-corrected chi connectivity index (χ1v) is 13.7. The van der Waals surface area contributed by atoms with Gasteiger partial charge in [-0.3, -0.25) is 9.79 Å². The topological polar surface area (TPSA) is 87.0 Å². The third kappa shape index (κ3) is 7.35. The van der Waals surface area contributed by atoms with Crippen LogP contribution in [0, 0.1) is 0 Å². The van der Waals surface area contributed by atoms with Crippen LogP contribution in [0.15, 0.2) is 24.3 Å². The third-order valence-corrected chi connectivity index (χ3v) is 6.59. The van der Waals surface area contributed by atoms with Crippen molar-refractivity contribution >= 4 is 7.82 Å². The van der Waals surface area contributed by atoms with Crippen LogP contribution in [0.2, 0.25) is 0 Å². The summed E-state index contributed by atoms with van der Waals surface area (Å²) in [5.41, 5.74) is 4.20. The molecule has 0 atom stereocenters. The predicted molar refractivity (Wildman–Crippen MR) is 145 cm³/mol. The highest BCUT2D eigenvalue weighted by Gasteiger charge is 2.32. The molecule has 196 valence electrons. The van der Waals surface area contributed by atoms with Crippen LogP contribution in [0.3, 0.4) is 0 Å². The summed E-state index contributed by atoms with van der Waals surface area (Å²) in [6.07, 6.45) is 0.620. The van der Waals surface area contributed by atoms with Gasteiger partial charge in [-0.05, 0) is 50.3 Å². The zero-order valence-electron chi connectivity index (χ0n) is 23.6. The van der Waals surface area contributed by atoms with Crippen molar-refractivity contribution in [3.05, 3.63) is 57.6 Å². The molecule has 2 rings (SSSR count). The second kappa shape index (κ2) is 9.25. The molecular formula is C29H45O5P. The highest BCUT2D eigenvalue weighted by atomic mass is 31.2. The van der Waals surface area contributed by atoms with E-state index in [1.165, 1.54) is 0 Å². The molecule has 0 unspecified atom stereocenters. The second-order valence-corrected chi connectivity index (χ2v) is 15.0. The van der Waals surface area contributed by atoms with Gasteiger partial charge in [-0.1, -0.05) is 107 Å². The predicted octanol–water partition coefficient (Wildman–Crippen LogP) is 7.64. The molecule has 5 nitrogen and oxygen atoms in total. The summed E-state index contributed by atoms with van der Waals surface area (Å²) in [6, 6.07) is 8.16. The Bertz CT molecular complexity index is 1060. The first kappa shape index (κ1) is 29.4. The van der Waals surface area contributed by atoms with Crippen molar-refractivity contribution < 1.29 is 24.0 Å². The molecule has 0 aromatic heterocycles. The zero-order valence-corrected chi connectivity index (χ0v) is 24.5. The maximum Gasteiger partial charge on any atom is 0.524 e. The van der Waals surface area contributed by atoms with E-state index in [2.05, 4.69) is 53.7 Å². The van der Waals surface area contributed by atoms with E-state index in [0.717, 1.165) is 33.4 Å². The standard InChI is InChI=1S/C29H45O5P/c1-26(2,3)20-14-18(15-21(24(20)30)27(4,5)6)13-19-16-22(28(7,8)9)25(34-35(31,32)33)23(17-19)29(10,11)12/h14-17,30H,13H2,1-12H3,(H2,31,32,33). The van der Waals surface area contributed by atoms with Gasteiger partial charge in [0.2, 0.25) is 0 Å². The Kier molecular flexibility index (Phi) is 7.77. The van der Waals surface area contributed by atoms with Crippen LogP contribution in [0.4, 0.5) is 0 Å². The van der Waals surface area contributed by atoms with E-state index in [1.54, 1.807) is 0 Å². The normalized spacial score (nSPS) is 13.8. The molecule has 0 saturated carbocycles. The van der Waals surface area contributed by atoms with Crippen molar-refractivity contribution in [3.8, 4) is 11.5 Å². The van der Waals surface area contributed by atoms with Gasteiger partial charge in [0.25, 0.3) is 0 Å². The Hall–Kier alpha value is -1.81.